The molecule has 1 atom stereocenters. The average Bonchev–Trinajstić information content (AvgIpc) is 2.53. The van der Waals surface area contributed by atoms with Gasteiger partial charge in [-0.25, -0.2) is 0 Å². The van der Waals surface area contributed by atoms with E-state index in [1.807, 2.05) is 6.07 Å². The van der Waals surface area contributed by atoms with Gasteiger partial charge in [-0.15, -0.1) is 0 Å². The van der Waals surface area contributed by atoms with Crippen molar-refractivity contribution < 1.29 is 14.3 Å². The summed E-state index contributed by atoms with van der Waals surface area (Å²) in [6.45, 7) is 0. The second-order valence-corrected chi connectivity index (χ2v) is 5.29. The van der Waals surface area contributed by atoms with Gasteiger partial charge in [0.1, 0.15) is 17.7 Å². The third kappa shape index (κ3) is 2.55. The maximum atomic E-state index is 12.3. The molecule has 0 fully saturated rings. The SMILES string of the molecule is COc1ccc(OC)c([C@H]2NC(=O)c3ccc(Cl)cc3N2)c1. The van der Waals surface area contributed by atoms with Crippen molar-refractivity contribution in [2.45, 2.75) is 6.17 Å². The van der Waals surface area contributed by atoms with Crippen LogP contribution in [0, 0.1) is 0 Å². The Morgan fingerprint density at radius 1 is 1.05 bits per heavy atom. The minimum Gasteiger partial charge on any atom is -0.497 e. The fourth-order valence-corrected chi connectivity index (χ4v) is 2.63. The standard InChI is InChI=1S/C16H15ClN2O3/c1-21-10-4-6-14(22-2)12(8-10)15-18-13-7-9(17)3-5-11(13)16(20)19-15/h3-8,15,18H,1-2H3,(H,19,20)/t15-/m1/s1. The summed E-state index contributed by atoms with van der Waals surface area (Å²) in [4.78, 5) is 12.3. The molecule has 114 valence electrons. The summed E-state index contributed by atoms with van der Waals surface area (Å²) in [5.41, 5.74) is 2.02. The molecular weight excluding hydrogens is 304 g/mol. The third-order valence-electron chi connectivity index (χ3n) is 3.55. The molecule has 2 aromatic rings. The van der Waals surface area contributed by atoms with Crippen LogP contribution in [0.25, 0.3) is 0 Å². The lowest BCUT2D eigenvalue weighted by Crippen LogP contribution is -2.38. The molecule has 0 saturated heterocycles. The molecule has 6 heteroatoms. The Morgan fingerprint density at radius 3 is 2.59 bits per heavy atom. The molecule has 1 aliphatic rings. The van der Waals surface area contributed by atoms with E-state index in [0.717, 1.165) is 5.56 Å². The Balaban J connectivity index is 2.02. The highest BCUT2D eigenvalue weighted by atomic mass is 35.5. The van der Waals surface area contributed by atoms with Crippen LogP contribution in [0.4, 0.5) is 5.69 Å². The molecule has 5 nitrogen and oxygen atoms in total. The van der Waals surface area contributed by atoms with E-state index in [1.54, 1.807) is 44.6 Å². The molecule has 1 aliphatic heterocycles. The second-order valence-electron chi connectivity index (χ2n) is 4.85. The number of fused-ring (bicyclic) bond motifs is 1. The van der Waals surface area contributed by atoms with Gasteiger partial charge < -0.3 is 20.1 Å². The Labute approximate surface area is 133 Å². The maximum Gasteiger partial charge on any atom is 0.255 e. The highest BCUT2D eigenvalue weighted by molar-refractivity contribution is 6.31. The number of halogens is 1. The van der Waals surface area contributed by atoms with Gasteiger partial charge in [0, 0.05) is 10.6 Å². The Bertz CT molecular complexity index is 733. The van der Waals surface area contributed by atoms with Crippen molar-refractivity contribution in [2.75, 3.05) is 19.5 Å². The lowest BCUT2D eigenvalue weighted by molar-refractivity contribution is 0.0935. The molecule has 1 amide bonds. The normalized spacial score (nSPS) is 16.3. The van der Waals surface area contributed by atoms with E-state index >= 15 is 0 Å². The topological polar surface area (TPSA) is 59.6 Å². The number of methoxy groups -OCH3 is 2. The molecule has 0 unspecified atom stereocenters. The van der Waals surface area contributed by atoms with Crippen LogP contribution in [0.15, 0.2) is 36.4 Å². The first-order chi connectivity index (χ1) is 10.6. The van der Waals surface area contributed by atoms with Crippen LogP contribution in [0.2, 0.25) is 5.02 Å². The van der Waals surface area contributed by atoms with E-state index in [0.29, 0.717) is 27.8 Å². The molecule has 0 aliphatic carbocycles. The van der Waals surface area contributed by atoms with Crippen molar-refractivity contribution in [2.24, 2.45) is 0 Å². The van der Waals surface area contributed by atoms with Crippen molar-refractivity contribution in [3.63, 3.8) is 0 Å². The summed E-state index contributed by atoms with van der Waals surface area (Å²) < 4.78 is 10.6. The predicted molar refractivity (Wildman–Crippen MR) is 84.8 cm³/mol. The van der Waals surface area contributed by atoms with Gasteiger partial charge in [-0.05, 0) is 36.4 Å². The molecule has 2 aromatic carbocycles. The highest BCUT2D eigenvalue weighted by Crippen LogP contribution is 2.34. The summed E-state index contributed by atoms with van der Waals surface area (Å²) in [5, 5.41) is 6.73. The molecule has 0 aromatic heterocycles. The number of anilines is 1. The number of hydrogen-bond acceptors (Lipinski definition) is 4. The van der Waals surface area contributed by atoms with Crippen molar-refractivity contribution in [1.29, 1.82) is 0 Å². The van der Waals surface area contributed by atoms with Crippen LogP contribution in [-0.2, 0) is 0 Å². The minimum absolute atomic E-state index is 0.166. The van der Waals surface area contributed by atoms with Gasteiger partial charge in [0.05, 0.1) is 25.5 Å². The minimum atomic E-state index is -0.427. The van der Waals surface area contributed by atoms with Gasteiger partial charge in [0.15, 0.2) is 0 Å². The van der Waals surface area contributed by atoms with Crippen molar-refractivity contribution in [3.05, 3.63) is 52.5 Å². The Hall–Kier alpha value is -2.40. The van der Waals surface area contributed by atoms with E-state index in [2.05, 4.69) is 10.6 Å². The highest BCUT2D eigenvalue weighted by Gasteiger charge is 2.27. The monoisotopic (exact) mass is 318 g/mol. The fraction of sp³-hybridized carbons (Fsp3) is 0.188. The number of amides is 1. The maximum absolute atomic E-state index is 12.3. The molecule has 0 saturated carbocycles. The molecule has 2 N–H and O–H groups in total. The number of benzene rings is 2. The Morgan fingerprint density at radius 2 is 1.86 bits per heavy atom. The summed E-state index contributed by atoms with van der Waals surface area (Å²) in [7, 11) is 3.17. The first-order valence-corrected chi connectivity index (χ1v) is 7.09. The summed E-state index contributed by atoms with van der Waals surface area (Å²) >= 11 is 6.01. The number of ether oxygens (including phenoxy) is 2. The summed E-state index contributed by atoms with van der Waals surface area (Å²) in [6.07, 6.45) is -0.427. The van der Waals surface area contributed by atoms with Crippen LogP contribution in [0.3, 0.4) is 0 Å². The van der Waals surface area contributed by atoms with Gasteiger partial charge in [-0.1, -0.05) is 11.6 Å². The zero-order valence-electron chi connectivity index (χ0n) is 12.1. The van der Waals surface area contributed by atoms with Crippen molar-refractivity contribution in [3.8, 4) is 11.5 Å². The van der Waals surface area contributed by atoms with Crippen LogP contribution >= 0.6 is 11.6 Å². The lowest BCUT2D eigenvalue weighted by atomic mass is 10.0. The van der Waals surface area contributed by atoms with Crippen LogP contribution in [-0.4, -0.2) is 20.1 Å². The number of carbonyl (C=O) groups is 1. The van der Waals surface area contributed by atoms with Gasteiger partial charge in [0.2, 0.25) is 0 Å². The molecule has 0 spiro atoms. The smallest absolute Gasteiger partial charge is 0.255 e. The summed E-state index contributed by atoms with van der Waals surface area (Å²) in [6, 6.07) is 10.5. The van der Waals surface area contributed by atoms with Gasteiger partial charge in [0.25, 0.3) is 5.91 Å². The van der Waals surface area contributed by atoms with E-state index in [-0.39, 0.29) is 5.91 Å². The first kappa shape index (κ1) is 14.5. The first-order valence-electron chi connectivity index (χ1n) is 6.71. The van der Waals surface area contributed by atoms with Gasteiger partial charge in [-0.2, -0.15) is 0 Å². The fourth-order valence-electron chi connectivity index (χ4n) is 2.45. The summed E-state index contributed by atoms with van der Waals surface area (Å²) in [5.74, 6) is 1.17. The zero-order valence-corrected chi connectivity index (χ0v) is 12.9. The molecule has 0 bridgehead atoms. The third-order valence-corrected chi connectivity index (χ3v) is 3.78. The Kier molecular flexibility index (Phi) is 3.81. The number of carbonyl (C=O) groups excluding carboxylic acids is 1. The van der Waals surface area contributed by atoms with Crippen LogP contribution in [0.1, 0.15) is 22.1 Å². The molecule has 22 heavy (non-hydrogen) atoms. The van der Waals surface area contributed by atoms with Gasteiger partial charge in [-0.3, -0.25) is 4.79 Å². The van der Waals surface area contributed by atoms with Crippen LogP contribution < -0.4 is 20.1 Å². The number of hydrogen-bond donors (Lipinski definition) is 2. The zero-order chi connectivity index (χ0) is 15.7. The predicted octanol–water partition coefficient (Wildman–Crippen LogP) is 3.21. The second kappa shape index (κ2) is 5.77. The van der Waals surface area contributed by atoms with E-state index < -0.39 is 6.17 Å². The number of rotatable bonds is 3. The molecule has 3 rings (SSSR count). The lowest BCUT2D eigenvalue weighted by Gasteiger charge is -2.29. The van der Waals surface area contributed by atoms with Gasteiger partial charge >= 0.3 is 0 Å². The van der Waals surface area contributed by atoms with Crippen molar-refractivity contribution >= 4 is 23.2 Å². The van der Waals surface area contributed by atoms with E-state index in [9.17, 15) is 4.79 Å². The molecule has 1 heterocycles. The number of nitrogens with one attached hydrogen (secondary N) is 2. The van der Waals surface area contributed by atoms with E-state index in [4.69, 9.17) is 21.1 Å². The van der Waals surface area contributed by atoms with Crippen molar-refractivity contribution in [1.82, 2.24) is 5.32 Å². The largest absolute Gasteiger partial charge is 0.497 e. The van der Waals surface area contributed by atoms with E-state index in [1.165, 1.54) is 0 Å². The average molecular weight is 319 g/mol. The molecule has 0 radical (unpaired) electrons. The molecular formula is C16H15ClN2O3. The van der Waals surface area contributed by atoms with Crippen LogP contribution in [0.5, 0.6) is 11.5 Å². The quantitative estimate of drug-likeness (QED) is 0.912.